The van der Waals surface area contributed by atoms with Gasteiger partial charge in [-0.15, -0.1) is 0 Å². The molecule has 172 valence electrons. The van der Waals surface area contributed by atoms with Gasteiger partial charge < -0.3 is 29.6 Å². The second-order valence-electron chi connectivity index (χ2n) is 7.02. The average molecular weight is 430 g/mol. The number of esters is 2. The van der Waals surface area contributed by atoms with Crippen LogP contribution in [-0.4, -0.2) is 62.6 Å². The fourth-order valence-electron chi connectivity index (χ4n) is 2.03. The van der Waals surface area contributed by atoms with Crippen molar-refractivity contribution >= 4 is 24.1 Å². The van der Waals surface area contributed by atoms with E-state index in [-0.39, 0.29) is 38.3 Å². The van der Waals surface area contributed by atoms with Crippen LogP contribution >= 0.6 is 0 Å². The fourth-order valence-corrected chi connectivity index (χ4v) is 2.03. The molecule has 0 fully saturated rings. The lowest BCUT2D eigenvalue weighted by molar-refractivity contribution is -0.141. The summed E-state index contributed by atoms with van der Waals surface area (Å²) in [5.74, 6) is -1.52. The topological polar surface area (TPSA) is 129 Å². The summed E-state index contributed by atoms with van der Waals surface area (Å²) in [5, 5.41) is 5.21. The van der Waals surface area contributed by atoms with Gasteiger partial charge in [-0.1, -0.05) is 27.7 Å². The first-order chi connectivity index (χ1) is 14.1. The number of alkyl carbamates (subject to hydrolysis) is 2. The van der Waals surface area contributed by atoms with Crippen molar-refractivity contribution in [3.05, 3.63) is 12.2 Å². The standard InChI is InChI=1S/C20H34N2O8/c1-7-27-19(25)21-15(13(3)4)11-29-17(23)9-10-18(24)30-12-16(14(5)6)22-20(26)28-8-2/h9-10,13-16H,7-8,11-12H2,1-6H3,(H,21,25)(H,22,26)/b10-9+/t15-,16-/m1/s1. The van der Waals surface area contributed by atoms with Crippen molar-refractivity contribution in [2.75, 3.05) is 26.4 Å². The largest absolute Gasteiger partial charge is 0.460 e. The SMILES string of the molecule is CCOC(=O)N[C@H](COC(=O)/C=C/C(=O)OC[C@@H](NC(=O)OCC)C(C)C)C(C)C. The van der Waals surface area contributed by atoms with Gasteiger partial charge in [0.1, 0.15) is 13.2 Å². The molecule has 0 heterocycles. The minimum absolute atomic E-state index is 0.00369. The van der Waals surface area contributed by atoms with Gasteiger partial charge in [0.25, 0.3) is 0 Å². The highest BCUT2D eigenvalue weighted by Crippen LogP contribution is 2.05. The van der Waals surface area contributed by atoms with Crippen molar-refractivity contribution in [2.24, 2.45) is 11.8 Å². The molecule has 0 aliphatic heterocycles. The van der Waals surface area contributed by atoms with Crippen molar-refractivity contribution in [1.82, 2.24) is 10.6 Å². The molecule has 2 N–H and O–H groups in total. The number of ether oxygens (including phenoxy) is 4. The molecule has 10 heteroatoms. The van der Waals surface area contributed by atoms with Crippen molar-refractivity contribution in [3.63, 3.8) is 0 Å². The van der Waals surface area contributed by atoms with E-state index < -0.39 is 36.2 Å². The third-order valence-electron chi connectivity index (χ3n) is 3.93. The Morgan fingerprint density at radius 1 is 0.667 bits per heavy atom. The molecule has 0 rings (SSSR count). The summed E-state index contributed by atoms with van der Waals surface area (Å²) >= 11 is 0. The Morgan fingerprint density at radius 3 is 1.27 bits per heavy atom. The van der Waals surface area contributed by atoms with Gasteiger partial charge in [0.2, 0.25) is 0 Å². The number of rotatable bonds is 12. The second-order valence-corrected chi connectivity index (χ2v) is 7.02. The van der Waals surface area contributed by atoms with E-state index in [4.69, 9.17) is 18.9 Å². The molecule has 2 amide bonds. The summed E-state index contributed by atoms with van der Waals surface area (Å²) in [5.41, 5.74) is 0. The Kier molecular flexibility index (Phi) is 13.7. The Bertz CT molecular complexity index is 539. The third-order valence-corrected chi connectivity index (χ3v) is 3.93. The minimum Gasteiger partial charge on any atom is -0.460 e. The summed E-state index contributed by atoms with van der Waals surface area (Å²) in [4.78, 5) is 46.7. The van der Waals surface area contributed by atoms with Gasteiger partial charge in [0, 0.05) is 12.2 Å². The summed E-state index contributed by atoms with van der Waals surface area (Å²) in [7, 11) is 0. The summed E-state index contributed by atoms with van der Waals surface area (Å²) < 4.78 is 19.7. The van der Waals surface area contributed by atoms with Gasteiger partial charge in [-0.25, -0.2) is 19.2 Å². The Labute approximate surface area is 177 Å². The van der Waals surface area contributed by atoms with Gasteiger partial charge >= 0.3 is 24.1 Å². The van der Waals surface area contributed by atoms with Crippen LogP contribution in [-0.2, 0) is 28.5 Å². The molecule has 0 aliphatic rings. The average Bonchev–Trinajstić information content (AvgIpc) is 2.66. The van der Waals surface area contributed by atoms with Crippen molar-refractivity contribution in [2.45, 2.75) is 53.6 Å². The van der Waals surface area contributed by atoms with Crippen LogP contribution < -0.4 is 10.6 Å². The normalized spacial score (nSPS) is 12.9. The Morgan fingerprint density at radius 2 is 1.00 bits per heavy atom. The maximum Gasteiger partial charge on any atom is 0.407 e. The maximum absolute atomic E-state index is 11.8. The Balaban J connectivity index is 4.49. The molecule has 0 aromatic heterocycles. The van der Waals surface area contributed by atoms with Gasteiger partial charge in [0.05, 0.1) is 25.3 Å². The van der Waals surface area contributed by atoms with Crippen LogP contribution in [0.5, 0.6) is 0 Å². The lowest BCUT2D eigenvalue weighted by Crippen LogP contribution is -2.42. The highest BCUT2D eigenvalue weighted by atomic mass is 16.6. The zero-order chi connectivity index (χ0) is 23.1. The summed E-state index contributed by atoms with van der Waals surface area (Å²) in [6.07, 6.45) is 0.686. The van der Waals surface area contributed by atoms with E-state index in [0.29, 0.717) is 0 Å². The van der Waals surface area contributed by atoms with Crippen molar-refractivity contribution in [1.29, 1.82) is 0 Å². The highest BCUT2D eigenvalue weighted by molar-refractivity contribution is 5.91. The van der Waals surface area contributed by atoms with E-state index >= 15 is 0 Å². The van der Waals surface area contributed by atoms with E-state index in [1.54, 1.807) is 13.8 Å². The summed E-state index contributed by atoms with van der Waals surface area (Å²) in [6.45, 7) is 11.1. The first kappa shape index (κ1) is 27.2. The van der Waals surface area contributed by atoms with Crippen molar-refractivity contribution < 1.29 is 38.1 Å². The second kappa shape index (κ2) is 15.1. The molecular formula is C20H34N2O8. The van der Waals surface area contributed by atoms with E-state index in [9.17, 15) is 19.2 Å². The number of hydrogen-bond acceptors (Lipinski definition) is 8. The van der Waals surface area contributed by atoms with E-state index in [1.165, 1.54) is 0 Å². The lowest BCUT2D eigenvalue weighted by Gasteiger charge is -2.21. The van der Waals surface area contributed by atoms with Gasteiger partial charge in [-0.2, -0.15) is 0 Å². The van der Waals surface area contributed by atoms with Crippen LogP contribution in [0.2, 0.25) is 0 Å². The molecule has 0 spiro atoms. The summed E-state index contributed by atoms with van der Waals surface area (Å²) in [6, 6.07) is -0.872. The predicted molar refractivity (Wildman–Crippen MR) is 109 cm³/mol. The molecule has 0 bridgehead atoms. The van der Waals surface area contributed by atoms with Gasteiger partial charge in [-0.05, 0) is 25.7 Å². The number of hydrogen-bond donors (Lipinski definition) is 2. The van der Waals surface area contributed by atoms with E-state index in [0.717, 1.165) is 12.2 Å². The number of carbonyl (C=O) groups is 4. The van der Waals surface area contributed by atoms with E-state index in [2.05, 4.69) is 10.6 Å². The quantitative estimate of drug-likeness (QED) is 0.274. The highest BCUT2D eigenvalue weighted by Gasteiger charge is 2.20. The molecule has 0 aromatic carbocycles. The monoisotopic (exact) mass is 430 g/mol. The van der Waals surface area contributed by atoms with Gasteiger partial charge in [0.15, 0.2) is 0 Å². The molecule has 0 aliphatic carbocycles. The van der Waals surface area contributed by atoms with E-state index in [1.807, 2.05) is 27.7 Å². The molecule has 0 saturated heterocycles. The molecule has 0 unspecified atom stereocenters. The predicted octanol–water partition coefficient (Wildman–Crippen LogP) is 2.17. The molecule has 0 radical (unpaired) electrons. The minimum atomic E-state index is -0.756. The van der Waals surface area contributed by atoms with Crippen LogP contribution in [0, 0.1) is 11.8 Å². The first-order valence-electron chi connectivity index (χ1n) is 9.98. The zero-order valence-electron chi connectivity index (χ0n) is 18.6. The number of nitrogens with one attached hydrogen (secondary N) is 2. The van der Waals surface area contributed by atoms with Crippen LogP contribution in [0.3, 0.4) is 0 Å². The maximum atomic E-state index is 11.8. The first-order valence-corrected chi connectivity index (χ1v) is 9.98. The number of carbonyl (C=O) groups excluding carboxylic acids is 4. The third kappa shape index (κ3) is 12.6. The van der Waals surface area contributed by atoms with Gasteiger partial charge in [-0.3, -0.25) is 0 Å². The number of amides is 2. The molecule has 10 nitrogen and oxygen atoms in total. The van der Waals surface area contributed by atoms with Crippen LogP contribution in [0.4, 0.5) is 9.59 Å². The molecule has 0 saturated carbocycles. The van der Waals surface area contributed by atoms with Crippen LogP contribution in [0.1, 0.15) is 41.5 Å². The fraction of sp³-hybridized carbons (Fsp3) is 0.700. The van der Waals surface area contributed by atoms with Crippen molar-refractivity contribution in [3.8, 4) is 0 Å². The molecule has 30 heavy (non-hydrogen) atoms. The lowest BCUT2D eigenvalue weighted by atomic mass is 10.1. The Hall–Kier alpha value is -2.78. The van der Waals surface area contributed by atoms with Crippen LogP contribution in [0.25, 0.3) is 0 Å². The molecule has 2 atom stereocenters. The molecular weight excluding hydrogens is 396 g/mol. The van der Waals surface area contributed by atoms with Crippen LogP contribution in [0.15, 0.2) is 12.2 Å². The zero-order valence-corrected chi connectivity index (χ0v) is 18.6. The molecule has 0 aromatic rings. The smallest absolute Gasteiger partial charge is 0.407 e.